The van der Waals surface area contributed by atoms with Gasteiger partial charge in [-0.25, -0.2) is 0 Å². The third-order valence-corrected chi connectivity index (χ3v) is 2.44. The molecular formula is C13H21N3O2. The van der Waals surface area contributed by atoms with Crippen LogP contribution < -0.4 is 5.32 Å². The van der Waals surface area contributed by atoms with Crippen molar-refractivity contribution >= 4 is 11.6 Å². The van der Waals surface area contributed by atoms with Crippen LogP contribution in [-0.4, -0.2) is 47.1 Å². The minimum absolute atomic E-state index is 0.184. The first kappa shape index (κ1) is 14.4. The molecule has 0 bridgehead atoms. The molecule has 2 N–H and O–H groups in total. The number of aromatic nitrogens is 1. The molecule has 1 heterocycles. The lowest BCUT2D eigenvalue weighted by atomic mass is 10.2. The fraction of sp³-hybridized carbons (Fsp3) is 0.538. The second-order valence-corrected chi connectivity index (χ2v) is 4.39. The molecule has 0 fully saturated rings. The van der Waals surface area contributed by atoms with Crippen LogP contribution in [0.1, 0.15) is 30.8 Å². The van der Waals surface area contributed by atoms with Gasteiger partial charge in [0.15, 0.2) is 0 Å². The molecule has 5 nitrogen and oxygen atoms in total. The first-order valence-electron chi connectivity index (χ1n) is 6.18. The molecule has 1 atom stereocenters. The van der Waals surface area contributed by atoms with Crippen molar-refractivity contribution in [2.45, 2.75) is 26.4 Å². The minimum atomic E-state index is -0.541. The number of nitrogens with zero attached hydrogens (tertiary/aromatic N) is 2. The van der Waals surface area contributed by atoms with Crippen molar-refractivity contribution in [3.8, 4) is 0 Å². The molecule has 0 aromatic carbocycles. The summed E-state index contributed by atoms with van der Waals surface area (Å²) in [4.78, 5) is 17.6. The van der Waals surface area contributed by atoms with Gasteiger partial charge in [-0.05, 0) is 25.5 Å². The Labute approximate surface area is 108 Å². The van der Waals surface area contributed by atoms with Crippen LogP contribution in [0.15, 0.2) is 18.3 Å². The third kappa shape index (κ3) is 4.33. The highest BCUT2D eigenvalue weighted by molar-refractivity contribution is 5.92. The Hall–Kier alpha value is -1.62. The molecule has 1 aromatic heterocycles. The molecule has 0 saturated heterocycles. The molecule has 1 amide bonds. The first-order chi connectivity index (χ1) is 8.54. The maximum atomic E-state index is 12.0. The maximum Gasteiger partial charge on any atom is 0.272 e. The summed E-state index contributed by atoms with van der Waals surface area (Å²) in [6.07, 6.45) is 2.09. The van der Waals surface area contributed by atoms with Crippen LogP contribution in [0.5, 0.6) is 0 Å². The monoisotopic (exact) mass is 251 g/mol. The quantitative estimate of drug-likeness (QED) is 0.801. The highest BCUT2D eigenvalue weighted by atomic mass is 16.3. The van der Waals surface area contributed by atoms with Crippen molar-refractivity contribution in [3.05, 3.63) is 24.0 Å². The molecule has 1 aromatic rings. The lowest BCUT2D eigenvalue weighted by molar-refractivity contribution is 0.0698. The fourth-order valence-corrected chi connectivity index (χ4v) is 1.60. The molecule has 0 radical (unpaired) electrons. The zero-order chi connectivity index (χ0) is 13.5. The molecule has 100 valence electrons. The SMILES string of the molecule is CCCNc1ccnc(C(=O)N(C)CC(C)O)c1. The number of hydrogen-bond acceptors (Lipinski definition) is 4. The van der Waals surface area contributed by atoms with E-state index in [1.807, 2.05) is 6.07 Å². The first-order valence-corrected chi connectivity index (χ1v) is 6.18. The summed E-state index contributed by atoms with van der Waals surface area (Å²) in [6, 6.07) is 3.57. The summed E-state index contributed by atoms with van der Waals surface area (Å²) in [5.74, 6) is -0.184. The Morgan fingerprint density at radius 3 is 2.94 bits per heavy atom. The van der Waals surface area contributed by atoms with Crippen molar-refractivity contribution in [3.63, 3.8) is 0 Å². The molecule has 5 heteroatoms. The molecule has 0 saturated carbocycles. The molecule has 0 aliphatic rings. The van der Waals surface area contributed by atoms with Crippen molar-refractivity contribution < 1.29 is 9.90 Å². The van der Waals surface area contributed by atoms with Crippen molar-refractivity contribution in [1.82, 2.24) is 9.88 Å². The van der Waals surface area contributed by atoms with Crippen LogP contribution in [0.3, 0.4) is 0 Å². The van der Waals surface area contributed by atoms with Crippen molar-refractivity contribution in [2.75, 3.05) is 25.5 Å². The van der Waals surface area contributed by atoms with Gasteiger partial charge in [-0.15, -0.1) is 0 Å². The van der Waals surface area contributed by atoms with Crippen LogP contribution in [0.25, 0.3) is 0 Å². The number of nitrogens with one attached hydrogen (secondary N) is 1. The van der Waals surface area contributed by atoms with Crippen LogP contribution in [-0.2, 0) is 0 Å². The molecule has 0 spiro atoms. The second kappa shape index (κ2) is 6.96. The van der Waals surface area contributed by atoms with E-state index in [1.165, 1.54) is 4.90 Å². The standard InChI is InChI=1S/C13H21N3O2/c1-4-6-14-11-5-7-15-12(8-11)13(18)16(3)9-10(2)17/h5,7-8,10,17H,4,6,9H2,1-3H3,(H,14,15). The Morgan fingerprint density at radius 2 is 2.33 bits per heavy atom. The van der Waals surface area contributed by atoms with Gasteiger partial charge in [-0.3, -0.25) is 9.78 Å². The van der Waals surface area contributed by atoms with Gasteiger partial charge in [0.1, 0.15) is 5.69 Å². The van der Waals surface area contributed by atoms with Gasteiger partial charge in [0.25, 0.3) is 5.91 Å². The Balaban J connectivity index is 2.73. The van der Waals surface area contributed by atoms with Crippen LogP contribution in [0.2, 0.25) is 0 Å². The zero-order valence-electron chi connectivity index (χ0n) is 11.2. The smallest absolute Gasteiger partial charge is 0.272 e. The highest BCUT2D eigenvalue weighted by Gasteiger charge is 2.14. The van der Waals surface area contributed by atoms with Gasteiger partial charge >= 0.3 is 0 Å². The lowest BCUT2D eigenvalue weighted by Gasteiger charge is -2.18. The van der Waals surface area contributed by atoms with Crippen LogP contribution in [0, 0.1) is 0 Å². The highest BCUT2D eigenvalue weighted by Crippen LogP contribution is 2.09. The number of likely N-dealkylation sites (N-methyl/N-ethyl adjacent to an activating group) is 1. The average molecular weight is 251 g/mol. The predicted molar refractivity (Wildman–Crippen MR) is 71.7 cm³/mol. The van der Waals surface area contributed by atoms with E-state index in [0.717, 1.165) is 18.7 Å². The number of aliphatic hydroxyl groups excluding tert-OH is 1. The predicted octanol–water partition coefficient (Wildman–Crippen LogP) is 1.36. The maximum absolute atomic E-state index is 12.0. The summed E-state index contributed by atoms with van der Waals surface area (Å²) in [5.41, 5.74) is 1.28. The number of amides is 1. The number of rotatable bonds is 6. The Kier molecular flexibility index (Phi) is 5.58. The fourth-order valence-electron chi connectivity index (χ4n) is 1.60. The van der Waals surface area contributed by atoms with E-state index in [1.54, 1.807) is 26.2 Å². The van der Waals surface area contributed by atoms with E-state index in [4.69, 9.17) is 0 Å². The minimum Gasteiger partial charge on any atom is -0.392 e. The van der Waals surface area contributed by atoms with E-state index < -0.39 is 6.10 Å². The summed E-state index contributed by atoms with van der Waals surface area (Å²) in [5, 5.41) is 12.5. The summed E-state index contributed by atoms with van der Waals surface area (Å²) < 4.78 is 0. The molecule has 0 aliphatic carbocycles. The average Bonchev–Trinajstić information content (AvgIpc) is 2.35. The van der Waals surface area contributed by atoms with Gasteiger partial charge in [0.05, 0.1) is 6.10 Å². The molecule has 18 heavy (non-hydrogen) atoms. The topological polar surface area (TPSA) is 65.5 Å². The normalized spacial score (nSPS) is 12.0. The van der Waals surface area contributed by atoms with Crippen LogP contribution >= 0.6 is 0 Å². The van der Waals surface area contributed by atoms with E-state index in [9.17, 15) is 9.90 Å². The summed E-state index contributed by atoms with van der Waals surface area (Å²) >= 11 is 0. The Bertz CT molecular complexity index is 394. The van der Waals surface area contributed by atoms with E-state index >= 15 is 0 Å². The van der Waals surface area contributed by atoms with E-state index in [0.29, 0.717) is 12.2 Å². The molecule has 0 aliphatic heterocycles. The number of hydrogen-bond donors (Lipinski definition) is 2. The number of pyridine rings is 1. The van der Waals surface area contributed by atoms with Gasteiger partial charge in [0.2, 0.25) is 0 Å². The number of anilines is 1. The Morgan fingerprint density at radius 1 is 1.61 bits per heavy atom. The number of carbonyl (C=O) groups excluding carboxylic acids is 1. The van der Waals surface area contributed by atoms with Gasteiger partial charge in [0, 0.05) is 32.0 Å². The van der Waals surface area contributed by atoms with Gasteiger partial charge < -0.3 is 15.3 Å². The summed E-state index contributed by atoms with van der Waals surface area (Å²) in [7, 11) is 1.66. The van der Waals surface area contributed by atoms with Crippen molar-refractivity contribution in [1.29, 1.82) is 0 Å². The van der Waals surface area contributed by atoms with Crippen molar-refractivity contribution in [2.24, 2.45) is 0 Å². The third-order valence-electron chi connectivity index (χ3n) is 2.44. The number of carbonyl (C=O) groups is 1. The van der Waals surface area contributed by atoms with Crippen LogP contribution in [0.4, 0.5) is 5.69 Å². The molecular weight excluding hydrogens is 230 g/mol. The zero-order valence-corrected chi connectivity index (χ0v) is 11.2. The van der Waals surface area contributed by atoms with Gasteiger partial charge in [-0.2, -0.15) is 0 Å². The van der Waals surface area contributed by atoms with E-state index in [-0.39, 0.29) is 5.91 Å². The largest absolute Gasteiger partial charge is 0.392 e. The molecule has 1 unspecified atom stereocenters. The number of aliphatic hydroxyl groups is 1. The van der Waals surface area contributed by atoms with E-state index in [2.05, 4.69) is 17.2 Å². The lowest BCUT2D eigenvalue weighted by Crippen LogP contribution is -2.33. The second-order valence-electron chi connectivity index (χ2n) is 4.39. The summed E-state index contributed by atoms with van der Waals surface area (Å²) in [6.45, 7) is 4.89. The van der Waals surface area contributed by atoms with Gasteiger partial charge in [-0.1, -0.05) is 6.92 Å². The molecule has 1 rings (SSSR count).